The van der Waals surface area contributed by atoms with Crippen molar-refractivity contribution in [2.24, 2.45) is 0 Å². The smallest absolute Gasteiger partial charge is 0.184 e. The van der Waals surface area contributed by atoms with Gasteiger partial charge in [-0.2, -0.15) is 0 Å². The molecule has 1 aromatic rings. The van der Waals surface area contributed by atoms with Crippen molar-refractivity contribution in [1.82, 2.24) is 0 Å². The zero-order chi connectivity index (χ0) is 14.4. The largest absolute Gasteiger partial charge is 0.394 e. The van der Waals surface area contributed by atoms with Crippen LogP contribution in [-0.2, 0) is 25.6 Å². The Balaban J connectivity index is 1.94. The van der Waals surface area contributed by atoms with Crippen LogP contribution in [-0.4, -0.2) is 50.5 Å². The van der Waals surface area contributed by atoms with Gasteiger partial charge in [0.15, 0.2) is 6.29 Å². The van der Waals surface area contributed by atoms with Crippen molar-refractivity contribution in [3.05, 3.63) is 35.9 Å². The standard InChI is InChI=1S/C15H22O5/c1-17-12-8-13(15(18-2)20-14(12)9-16)19-10-11-6-4-3-5-7-11/h3-7,12-16H,8-10H2,1-2H3/t12-,13+,14+,15-/m0/s1. The number of aliphatic hydroxyl groups excluding tert-OH is 1. The number of rotatable bonds is 6. The molecule has 0 bridgehead atoms. The summed E-state index contributed by atoms with van der Waals surface area (Å²) in [6.07, 6.45) is -0.628. The summed E-state index contributed by atoms with van der Waals surface area (Å²) in [7, 11) is 3.18. The first kappa shape index (κ1) is 15.4. The summed E-state index contributed by atoms with van der Waals surface area (Å²) in [4.78, 5) is 0. The second-order valence-electron chi connectivity index (χ2n) is 4.81. The van der Waals surface area contributed by atoms with Gasteiger partial charge in [-0.25, -0.2) is 0 Å². The molecule has 0 unspecified atom stereocenters. The van der Waals surface area contributed by atoms with Crippen molar-refractivity contribution in [2.75, 3.05) is 20.8 Å². The Labute approximate surface area is 119 Å². The molecule has 0 spiro atoms. The molecule has 1 fully saturated rings. The van der Waals surface area contributed by atoms with Crippen molar-refractivity contribution < 1.29 is 24.1 Å². The third kappa shape index (κ3) is 3.77. The van der Waals surface area contributed by atoms with Crippen LogP contribution in [0.2, 0.25) is 0 Å². The third-order valence-corrected chi connectivity index (χ3v) is 3.51. The van der Waals surface area contributed by atoms with Gasteiger partial charge in [-0.05, 0) is 5.56 Å². The van der Waals surface area contributed by atoms with Gasteiger partial charge >= 0.3 is 0 Å². The first-order valence-electron chi connectivity index (χ1n) is 6.76. The van der Waals surface area contributed by atoms with Gasteiger partial charge in [0.2, 0.25) is 0 Å². The Morgan fingerprint density at radius 3 is 2.50 bits per heavy atom. The van der Waals surface area contributed by atoms with E-state index in [9.17, 15) is 5.11 Å². The molecule has 4 atom stereocenters. The number of hydrogen-bond acceptors (Lipinski definition) is 5. The molecule has 0 saturated carbocycles. The fourth-order valence-electron chi connectivity index (χ4n) is 2.38. The average Bonchev–Trinajstić information content (AvgIpc) is 2.52. The van der Waals surface area contributed by atoms with Crippen LogP contribution < -0.4 is 0 Å². The van der Waals surface area contributed by atoms with E-state index in [1.54, 1.807) is 14.2 Å². The van der Waals surface area contributed by atoms with Crippen LogP contribution in [0.1, 0.15) is 12.0 Å². The summed E-state index contributed by atoms with van der Waals surface area (Å²) in [6, 6.07) is 9.94. The molecule has 112 valence electrons. The van der Waals surface area contributed by atoms with Gasteiger partial charge < -0.3 is 24.1 Å². The number of benzene rings is 1. The average molecular weight is 282 g/mol. The van der Waals surface area contributed by atoms with Gasteiger partial charge in [-0.15, -0.1) is 0 Å². The van der Waals surface area contributed by atoms with E-state index in [4.69, 9.17) is 18.9 Å². The molecule has 1 saturated heterocycles. The molecule has 0 aliphatic carbocycles. The van der Waals surface area contributed by atoms with E-state index in [0.29, 0.717) is 13.0 Å². The Bertz CT molecular complexity index is 383. The second-order valence-corrected chi connectivity index (χ2v) is 4.81. The van der Waals surface area contributed by atoms with Crippen molar-refractivity contribution in [3.8, 4) is 0 Å². The highest BCUT2D eigenvalue weighted by Crippen LogP contribution is 2.25. The Kier molecular flexibility index (Phi) is 5.94. The van der Waals surface area contributed by atoms with Crippen LogP contribution in [0.4, 0.5) is 0 Å². The Hall–Kier alpha value is -0.980. The maximum Gasteiger partial charge on any atom is 0.184 e. The van der Waals surface area contributed by atoms with Crippen molar-refractivity contribution in [1.29, 1.82) is 0 Å². The van der Waals surface area contributed by atoms with Crippen molar-refractivity contribution >= 4 is 0 Å². The SMILES string of the molecule is CO[C@H]1O[C@H](CO)[C@@H](OC)C[C@H]1OCc1ccccc1. The molecular formula is C15H22O5. The van der Waals surface area contributed by atoms with Gasteiger partial charge in [0.25, 0.3) is 0 Å². The van der Waals surface area contributed by atoms with Crippen LogP contribution in [0.25, 0.3) is 0 Å². The highest BCUT2D eigenvalue weighted by atomic mass is 16.7. The van der Waals surface area contributed by atoms with E-state index in [1.807, 2.05) is 30.3 Å². The number of hydrogen-bond donors (Lipinski definition) is 1. The molecule has 5 heteroatoms. The zero-order valence-corrected chi connectivity index (χ0v) is 11.9. The van der Waals surface area contributed by atoms with E-state index in [0.717, 1.165) is 5.56 Å². The first-order valence-corrected chi connectivity index (χ1v) is 6.76. The highest BCUT2D eigenvalue weighted by Gasteiger charge is 2.38. The van der Waals surface area contributed by atoms with E-state index in [1.165, 1.54) is 0 Å². The lowest BCUT2D eigenvalue weighted by molar-refractivity contribution is -0.276. The van der Waals surface area contributed by atoms with Gasteiger partial charge in [0, 0.05) is 20.6 Å². The first-order chi connectivity index (χ1) is 9.78. The summed E-state index contributed by atoms with van der Waals surface area (Å²) in [5.41, 5.74) is 1.10. The second kappa shape index (κ2) is 7.71. The quantitative estimate of drug-likeness (QED) is 0.853. The molecule has 1 aliphatic heterocycles. The minimum absolute atomic E-state index is 0.0935. The van der Waals surface area contributed by atoms with E-state index in [2.05, 4.69) is 0 Å². The van der Waals surface area contributed by atoms with Gasteiger partial charge in [0.1, 0.15) is 12.2 Å². The van der Waals surface area contributed by atoms with E-state index in [-0.39, 0.29) is 24.9 Å². The molecular weight excluding hydrogens is 260 g/mol. The monoisotopic (exact) mass is 282 g/mol. The molecule has 1 aliphatic rings. The molecule has 0 aromatic heterocycles. The number of ether oxygens (including phenoxy) is 4. The summed E-state index contributed by atoms with van der Waals surface area (Å²) >= 11 is 0. The number of methoxy groups -OCH3 is 2. The van der Waals surface area contributed by atoms with Gasteiger partial charge in [-0.3, -0.25) is 0 Å². The van der Waals surface area contributed by atoms with Gasteiger partial charge in [-0.1, -0.05) is 30.3 Å². The van der Waals surface area contributed by atoms with Crippen LogP contribution in [0.15, 0.2) is 30.3 Å². The van der Waals surface area contributed by atoms with Crippen LogP contribution in [0, 0.1) is 0 Å². The maximum atomic E-state index is 9.30. The fourth-order valence-corrected chi connectivity index (χ4v) is 2.38. The summed E-state index contributed by atoms with van der Waals surface area (Å²) in [5, 5.41) is 9.30. The predicted molar refractivity (Wildman–Crippen MR) is 73.2 cm³/mol. The third-order valence-electron chi connectivity index (χ3n) is 3.51. The van der Waals surface area contributed by atoms with Crippen LogP contribution >= 0.6 is 0 Å². The normalized spacial score (nSPS) is 30.4. The lowest BCUT2D eigenvalue weighted by atomic mass is 10.0. The molecule has 2 rings (SSSR count). The minimum atomic E-state index is -0.484. The Morgan fingerprint density at radius 1 is 1.15 bits per heavy atom. The molecule has 0 radical (unpaired) electrons. The maximum absolute atomic E-state index is 9.30. The molecule has 0 amide bonds. The van der Waals surface area contributed by atoms with Crippen molar-refractivity contribution in [3.63, 3.8) is 0 Å². The molecule has 20 heavy (non-hydrogen) atoms. The summed E-state index contributed by atoms with van der Waals surface area (Å²) < 4.78 is 22.2. The van der Waals surface area contributed by atoms with Crippen molar-refractivity contribution in [2.45, 2.75) is 37.6 Å². The summed E-state index contributed by atoms with van der Waals surface area (Å²) in [5.74, 6) is 0. The minimum Gasteiger partial charge on any atom is -0.394 e. The molecule has 1 heterocycles. The zero-order valence-electron chi connectivity index (χ0n) is 11.9. The van der Waals surface area contributed by atoms with Gasteiger partial charge in [0.05, 0.1) is 19.3 Å². The van der Waals surface area contributed by atoms with E-state index >= 15 is 0 Å². The Morgan fingerprint density at radius 2 is 1.90 bits per heavy atom. The molecule has 5 nitrogen and oxygen atoms in total. The highest BCUT2D eigenvalue weighted by molar-refractivity contribution is 5.13. The molecule has 1 N–H and O–H groups in total. The van der Waals surface area contributed by atoms with Crippen LogP contribution in [0.5, 0.6) is 0 Å². The lowest BCUT2D eigenvalue weighted by Gasteiger charge is -2.39. The van der Waals surface area contributed by atoms with E-state index < -0.39 is 6.29 Å². The number of aliphatic hydroxyl groups is 1. The van der Waals surface area contributed by atoms with Crippen LogP contribution in [0.3, 0.4) is 0 Å². The predicted octanol–water partition coefficient (Wildman–Crippen LogP) is 1.34. The topological polar surface area (TPSA) is 57.2 Å². The fraction of sp³-hybridized carbons (Fsp3) is 0.600. The lowest BCUT2D eigenvalue weighted by Crippen LogP contribution is -2.51. The summed E-state index contributed by atoms with van der Waals surface area (Å²) in [6.45, 7) is 0.402. The molecule has 1 aromatic carbocycles.